The van der Waals surface area contributed by atoms with E-state index in [0.717, 1.165) is 54.0 Å². The van der Waals surface area contributed by atoms with E-state index in [1.54, 1.807) is 7.11 Å². The molecule has 0 aliphatic carbocycles. The highest BCUT2D eigenvalue weighted by Crippen LogP contribution is 2.26. The lowest BCUT2D eigenvalue weighted by atomic mass is 10.2. The van der Waals surface area contributed by atoms with Gasteiger partial charge in [0.2, 0.25) is 0 Å². The molecule has 1 aliphatic heterocycles. The van der Waals surface area contributed by atoms with Gasteiger partial charge in [-0.05, 0) is 48.5 Å². The average molecular weight is 378 g/mol. The predicted octanol–water partition coefficient (Wildman–Crippen LogP) is 4.45. The second-order valence-corrected chi connectivity index (χ2v) is 6.89. The molecule has 0 N–H and O–H groups in total. The molecule has 0 atom stereocenters. The van der Waals surface area contributed by atoms with Crippen molar-refractivity contribution in [3.63, 3.8) is 0 Å². The van der Waals surface area contributed by atoms with Crippen LogP contribution in [0.4, 0.5) is 5.69 Å². The van der Waals surface area contributed by atoms with E-state index < -0.39 is 0 Å². The van der Waals surface area contributed by atoms with Crippen molar-refractivity contribution in [2.45, 2.75) is 0 Å². The van der Waals surface area contributed by atoms with Crippen LogP contribution in [-0.2, 0) is 0 Å². The minimum absolute atomic E-state index is 0.754. The lowest BCUT2D eigenvalue weighted by Crippen LogP contribution is -2.48. The van der Waals surface area contributed by atoms with Gasteiger partial charge in [0.15, 0.2) is 5.76 Å². The number of hydrogen-bond donors (Lipinski definition) is 0. The maximum Gasteiger partial charge on any atom is 0.162 e. The van der Waals surface area contributed by atoms with Crippen LogP contribution in [0.25, 0.3) is 11.3 Å². The van der Waals surface area contributed by atoms with Crippen molar-refractivity contribution in [1.29, 1.82) is 0 Å². The molecule has 1 saturated heterocycles. The van der Waals surface area contributed by atoms with Gasteiger partial charge in [0.05, 0.1) is 7.11 Å². The molecule has 27 heavy (non-hydrogen) atoms. The Balaban J connectivity index is 1.41. The molecule has 2 aromatic carbocycles. The third kappa shape index (κ3) is 3.83. The number of nitrogens with zero attached hydrogens (tertiary/aromatic N) is 2. The average Bonchev–Trinajstić information content (AvgIpc) is 3.24. The SMILES string of the molecule is COc1ccc(-c2ccc(C(=S)N3CCN(c4ccccc4)CC3)o2)cc1. The van der Waals surface area contributed by atoms with E-state index in [9.17, 15) is 0 Å². The summed E-state index contributed by atoms with van der Waals surface area (Å²) in [5.41, 5.74) is 2.28. The first kappa shape index (κ1) is 17.6. The number of benzene rings is 2. The van der Waals surface area contributed by atoms with Gasteiger partial charge < -0.3 is 19.0 Å². The lowest BCUT2D eigenvalue weighted by molar-refractivity contribution is 0.385. The fourth-order valence-electron chi connectivity index (χ4n) is 3.33. The lowest BCUT2D eigenvalue weighted by Gasteiger charge is -2.37. The number of ether oxygens (including phenoxy) is 1. The van der Waals surface area contributed by atoms with Crippen LogP contribution in [0.15, 0.2) is 71.1 Å². The molecule has 3 aromatic rings. The van der Waals surface area contributed by atoms with E-state index in [0.29, 0.717) is 0 Å². The van der Waals surface area contributed by atoms with Crippen molar-refractivity contribution in [2.75, 3.05) is 38.2 Å². The van der Waals surface area contributed by atoms with Gasteiger partial charge in [0.1, 0.15) is 16.5 Å². The topological polar surface area (TPSA) is 28.9 Å². The summed E-state index contributed by atoms with van der Waals surface area (Å²) in [7, 11) is 1.66. The minimum Gasteiger partial charge on any atom is -0.497 e. The Labute approximate surface area is 165 Å². The van der Waals surface area contributed by atoms with Gasteiger partial charge >= 0.3 is 0 Å². The van der Waals surface area contributed by atoms with Crippen LogP contribution in [0.2, 0.25) is 0 Å². The first-order valence-corrected chi connectivity index (χ1v) is 9.49. The summed E-state index contributed by atoms with van der Waals surface area (Å²) in [6.07, 6.45) is 0. The van der Waals surface area contributed by atoms with Crippen molar-refractivity contribution in [2.24, 2.45) is 0 Å². The van der Waals surface area contributed by atoms with Gasteiger partial charge in [-0.1, -0.05) is 30.4 Å². The van der Waals surface area contributed by atoms with Crippen LogP contribution in [0, 0.1) is 0 Å². The zero-order valence-corrected chi connectivity index (χ0v) is 16.1. The standard InChI is InChI=1S/C22H22N2O2S/c1-25-19-9-7-17(8-10-19)20-11-12-21(26-20)22(27)24-15-13-23(14-16-24)18-5-3-2-4-6-18/h2-12H,13-16H2,1H3. The molecule has 4 nitrogen and oxygen atoms in total. The van der Waals surface area contributed by atoms with E-state index in [1.807, 2.05) is 42.5 Å². The van der Waals surface area contributed by atoms with Crippen molar-refractivity contribution in [3.8, 4) is 17.1 Å². The first-order valence-electron chi connectivity index (χ1n) is 9.08. The Bertz CT molecular complexity index is 898. The number of thiocarbonyl (C=S) groups is 1. The van der Waals surface area contributed by atoms with Gasteiger partial charge in [0, 0.05) is 37.4 Å². The van der Waals surface area contributed by atoms with Crippen molar-refractivity contribution in [1.82, 2.24) is 4.90 Å². The maximum atomic E-state index is 6.03. The molecule has 5 heteroatoms. The van der Waals surface area contributed by atoms with E-state index in [-0.39, 0.29) is 0 Å². The van der Waals surface area contributed by atoms with Gasteiger partial charge in [-0.3, -0.25) is 0 Å². The number of rotatable bonds is 4. The summed E-state index contributed by atoms with van der Waals surface area (Å²) in [6, 6.07) is 22.3. The number of para-hydroxylation sites is 1. The largest absolute Gasteiger partial charge is 0.497 e. The molecule has 2 heterocycles. The smallest absolute Gasteiger partial charge is 0.162 e. The summed E-state index contributed by atoms with van der Waals surface area (Å²) < 4.78 is 11.2. The Morgan fingerprint density at radius 1 is 0.889 bits per heavy atom. The van der Waals surface area contributed by atoms with Crippen LogP contribution in [-0.4, -0.2) is 43.2 Å². The second-order valence-electron chi connectivity index (χ2n) is 6.51. The van der Waals surface area contributed by atoms with Crippen LogP contribution >= 0.6 is 12.2 Å². The second kappa shape index (κ2) is 7.84. The number of hydrogen-bond acceptors (Lipinski definition) is 4. The third-order valence-electron chi connectivity index (χ3n) is 4.88. The molecule has 1 aliphatic rings. The fraction of sp³-hybridized carbons (Fsp3) is 0.227. The van der Waals surface area contributed by atoms with Crippen molar-refractivity contribution in [3.05, 3.63) is 72.5 Å². The highest BCUT2D eigenvalue weighted by Gasteiger charge is 2.21. The maximum absolute atomic E-state index is 6.03. The van der Waals surface area contributed by atoms with Crippen LogP contribution in [0.3, 0.4) is 0 Å². The summed E-state index contributed by atoms with van der Waals surface area (Å²) in [6.45, 7) is 3.70. The Kier molecular flexibility index (Phi) is 5.12. The molecule has 4 rings (SSSR count). The zero-order chi connectivity index (χ0) is 18.6. The number of furan rings is 1. The molecule has 0 amide bonds. The number of anilines is 1. The Morgan fingerprint density at radius 2 is 1.59 bits per heavy atom. The number of methoxy groups -OCH3 is 1. The zero-order valence-electron chi connectivity index (χ0n) is 15.3. The Hall–Kier alpha value is -2.79. The molecular weight excluding hydrogens is 356 g/mol. The van der Waals surface area contributed by atoms with Crippen molar-refractivity contribution < 1.29 is 9.15 Å². The highest BCUT2D eigenvalue weighted by atomic mass is 32.1. The molecule has 1 fully saturated rings. The quantitative estimate of drug-likeness (QED) is 0.626. The molecule has 0 unspecified atom stereocenters. The van der Waals surface area contributed by atoms with E-state index in [1.165, 1.54) is 5.69 Å². The fourth-order valence-corrected chi connectivity index (χ4v) is 3.62. The van der Waals surface area contributed by atoms with Crippen LogP contribution < -0.4 is 9.64 Å². The first-order chi connectivity index (χ1) is 13.2. The molecule has 1 aromatic heterocycles. The summed E-state index contributed by atoms with van der Waals surface area (Å²) in [5.74, 6) is 2.40. The molecular formula is C22H22N2O2S. The van der Waals surface area contributed by atoms with Gasteiger partial charge in [-0.25, -0.2) is 0 Å². The predicted molar refractivity (Wildman–Crippen MR) is 113 cm³/mol. The van der Waals surface area contributed by atoms with E-state index in [2.05, 4.69) is 34.1 Å². The van der Waals surface area contributed by atoms with Gasteiger partial charge in [-0.15, -0.1) is 0 Å². The molecule has 0 radical (unpaired) electrons. The van der Waals surface area contributed by atoms with Gasteiger partial charge in [0.25, 0.3) is 0 Å². The molecule has 138 valence electrons. The summed E-state index contributed by atoms with van der Waals surface area (Å²) in [4.78, 5) is 5.40. The van der Waals surface area contributed by atoms with E-state index >= 15 is 0 Å². The van der Waals surface area contributed by atoms with Crippen LogP contribution in [0.1, 0.15) is 5.76 Å². The summed E-state index contributed by atoms with van der Waals surface area (Å²) >= 11 is 5.69. The monoisotopic (exact) mass is 378 g/mol. The van der Waals surface area contributed by atoms with Crippen LogP contribution in [0.5, 0.6) is 5.75 Å². The Morgan fingerprint density at radius 3 is 2.26 bits per heavy atom. The normalized spacial score (nSPS) is 14.3. The minimum atomic E-state index is 0.754. The van der Waals surface area contributed by atoms with E-state index in [4.69, 9.17) is 21.4 Å². The number of piperazine rings is 1. The third-order valence-corrected chi connectivity index (χ3v) is 5.34. The molecule has 0 bridgehead atoms. The van der Waals surface area contributed by atoms with Gasteiger partial charge in [-0.2, -0.15) is 0 Å². The van der Waals surface area contributed by atoms with Crippen molar-refractivity contribution >= 4 is 22.9 Å². The highest BCUT2D eigenvalue weighted by molar-refractivity contribution is 7.80. The molecule has 0 saturated carbocycles. The molecule has 0 spiro atoms. The summed E-state index contributed by atoms with van der Waals surface area (Å²) in [5, 5.41) is 0.